The molecule has 0 radical (unpaired) electrons. The summed E-state index contributed by atoms with van der Waals surface area (Å²) < 4.78 is 0. The quantitative estimate of drug-likeness (QED) is 0.798. The Labute approximate surface area is 120 Å². The zero-order chi connectivity index (χ0) is 13.8. The molecule has 5 heteroatoms. The number of hydrogen-bond acceptors (Lipinski definition) is 4. The first-order valence-corrected chi connectivity index (χ1v) is 7.50. The zero-order valence-corrected chi connectivity index (χ0v) is 12.8. The van der Waals surface area contributed by atoms with Gasteiger partial charge in [0.15, 0.2) is 0 Å². The summed E-state index contributed by atoms with van der Waals surface area (Å²) >= 11 is 6.12. The largest absolute Gasteiger partial charge is 0.352 e. The van der Waals surface area contributed by atoms with E-state index in [4.69, 9.17) is 11.6 Å². The lowest BCUT2D eigenvalue weighted by atomic mass is 10.2. The highest BCUT2D eigenvalue weighted by Crippen LogP contribution is 2.22. The van der Waals surface area contributed by atoms with E-state index in [1.54, 1.807) is 0 Å². The molecule has 106 valence electrons. The monoisotopic (exact) mass is 282 g/mol. The Kier molecular flexibility index (Phi) is 4.99. The van der Waals surface area contributed by atoms with Gasteiger partial charge in [-0.1, -0.05) is 25.4 Å². The summed E-state index contributed by atoms with van der Waals surface area (Å²) in [6.45, 7) is 7.56. The van der Waals surface area contributed by atoms with E-state index < -0.39 is 0 Å². The second kappa shape index (κ2) is 6.53. The van der Waals surface area contributed by atoms with Crippen molar-refractivity contribution in [2.24, 2.45) is 0 Å². The second-order valence-electron chi connectivity index (χ2n) is 5.19. The maximum atomic E-state index is 6.12. The lowest BCUT2D eigenvalue weighted by Gasteiger charge is -2.31. The number of hydrogen-bond donors (Lipinski definition) is 0. The third-order valence-electron chi connectivity index (χ3n) is 3.71. The van der Waals surface area contributed by atoms with E-state index >= 15 is 0 Å². The molecule has 19 heavy (non-hydrogen) atoms. The van der Waals surface area contributed by atoms with Crippen LogP contribution in [0.25, 0.3) is 0 Å². The van der Waals surface area contributed by atoms with Gasteiger partial charge in [-0.3, -0.25) is 0 Å². The Morgan fingerprint density at radius 3 is 2.79 bits per heavy atom. The normalized spacial score (nSPS) is 21.5. The average Bonchev–Trinajstić information content (AvgIpc) is 2.59. The molecule has 1 aromatic heterocycles. The summed E-state index contributed by atoms with van der Waals surface area (Å²) in [4.78, 5) is 13.7. The van der Waals surface area contributed by atoms with Crippen molar-refractivity contribution in [1.29, 1.82) is 0 Å². The fourth-order valence-corrected chi connectivity index (χ4v) is 2.85. The number of rotatable bonds is 3. The SMILES string of the molecule is CCc1nc(Cl)cc(N2CCCN(C)CC2CC)n1. The molecule has 0 bridgehead atoms. The van der Waals surface area contributed by atoms with Crippen LogP contribution in [-0.4, -0.2) is 47.6 Å². The summed E-state index contributed by atoms with van der Waals surface area (Å²) in [5.41, 5.74) is 0. The molecular weight excluding hydrogens is 260 g/mol. The molecule has 0 aromatic carbocycles. The third kappa shape index (κ3) is 3.57. The lowest BCUT2D eigenvalue weighted by Crippen LogP contribution is -2.40. The van der Waals surface area contributed by atoms with E-state index in [0.29, 0.717) is 11.2 Å². The average molecular weight is 283 g/mol. The van der Waals surface area contributed by atoms with Gasteiger partial charge in [-0.05, 0) is 26.4 Å². The Morgan fingerprint density at radius 1 is 1.32 bits per heavy atom. The van der Waals surface area contributed by atoms with Crippen LogP contribution in [0.1, 0.15) is 32.5 Å². The molecule has 1 aromatic rings. The molecule has 1 unspecified atom stereocenters. The Balaban J connectivity index is 2.29. The van der Waals surface area contributed by atoms with Crippen LogP contribution >= 0.6 is 11.6 Å². The van der Waals surface area contributed by atoms with Crippen LogP contribution in [0.5, 0.6) is 0 Å². The van der Waals surface area contributed by atoms with Crippen molar-refractivity contribution in [3.63, 3.8) is 0 Å². The van der Waals surface area contributed by atoms with E-state index in [9.17, 15) is 0 Å². The summed E-state index contributed by atoms with van der Waals surface area (Å²) in [5, 5.41) is 0.550. The summed E-state index contributed by atoms with van der Waals surface area (Å²) in [7, 11) is 2.19. The highest BCUT2D eigenvalue weighted by molar-refractivity contribution is 6.29. The number of aromatic nitrogens is 2. The third-order valence-corrected chi connectivity index (χ3v) is 3.91. The van der Waals surface area contributed by atoms with Gasteiger partial charge in [0.05, 0.1) is 0 Å². The first-order chi connectivity index (χ1) is 9.13. The Morgan fingerprint density at radius 2 is 2.11 bits per heavy atom. The fourth-order valence-electron chi connectivity index (χ4n) is 2.65. The van der Waals surface area contributed by atoms with Gasteiger partial charge in [0, 0.05) is 31.6 Å². The van der Waals surface area contributed by atoms with Crippen LogP contribution in [0, 0.1) is 0 Å². The molecule has 2 heterocycles. The first kappa shape index (κ1) is 14.5. The van der Waals surface area contributed by atoms with Crippen LogP contribution in [0.3, 0.4) is 0 Å². The molecule has 0 aliphatic carbocycles. The molecule has 1 aliphatic heterocycles. The Bertz CT molecular complexity index is 424. The molecule has 0 saturated carbocycles. The number of nitrogens with zero attached hydrogens (tertiary/aromatic N) is 4. The minimum atomic E-state index is 0.503. The molecule has 1 fully saturated rings. The molecular formula is C14H23ClN4. The molecule has 1 atom stereocenters. The second-order valence-corrected chi connectivity index (χ2v) is 5.58. The van der Waals surface area contributed by atoms with Crippen molar-refractivity contribution in [1.82, 2.24) is 14.9 Å². The standard InChI is InChI=1S/C14H23ClN4/c1-4-11-10-18(3)7-6-8-19(11)14-9-12(15)16-13(5-2)17-14/h9,11H,4-8,10H2,1-3H3. The van der Waals surface area contributed by atoms with Gasteiger partial charge in [0.2, 0.25) is 0 Å². The van der Waals surface area contributed by atoms with Gasteiger partial charge >= 0.3 is 0 Å². The van der Waals surface area contributed by atoms with E-state index in [2.05, 4.69) is 40.7 Å². The van der Waals surface area contributed by atoms with Crippen LogP contribution < -0.4 is 4.90 Å². The maximum Gasteiger partial charge on any atom is 0.134 e. The molecule has 1 saturated heterocycles. The summed E-state index contributed by atoms with van der Waals surface area (Å²) in [6, 6.07) is 2.40. The van der Waals surface area contributed by atoms with Gasteiger partial charge in [-0.15, -0.1) is 0 Å². The highest BCUT2D eigenvalue weighted by atomic mass is 35.5. The van der Waals surface area contributed by atoms with Crippen molar-refractivity contribution in [2.75, 3.05) is 31.6 Å². The highest BCUT2D eigenvalue weighted by Gasteiger charge is 2.23. The van der Waals surface area contributed by atoms with Crippen LogP contribution in [0.4, 0.5) is 5.82 Å². The number of likely N-dealkylation sites (N-methyl/N-ethyl adjacent to an activating group) is 1. The molecule has 1 aliphatic rings. The topological polar surface area (TPSA) is 32.3 Å². The number of halogens is 1. The van der Waals surface area contributed by atoms with Gasteiger partial charge in [-0.25, -0.2) is 9.97 Å². The zero-order valence-electron chi connectivity index (χ0n) is 12.1. The number of anilines is 1. The van der Waals surface area contributed by atoms with Crippen LogP contribution in [-0.2, 0) is 6.42 Å². The summed E-state index contributed by atoms with van der Waals surface area (Å²) in [6.07, 6.45) is 3.10. The molecule has 0 N–H and O–H groups in total. The van der Waals surface area contributed by atoms with Gasteiger partial charge in [-0.2, -0.15) is 0 Å². The Hall–Kier alpha value is -0.870. The van der Waals surface area contributed by atoms with Crippen molar-refractivity contribution in [3.8, 4) is 0 Å². The predicted molar refractivity (Wildman–Crippen MR) is 80.0 cm³/mol. The van der Waals surface area contributed by atoms with Crippen LogP contribution in [0.15, 0.2) is 6.07 Å². The van der Waals surface area contributed by atoms with E-state index in [1.807, 2.05) is 6.07 Å². The van der Waals surface area contributed by atoms with Crippen molar-refractivity contribution in [2.45, 2.75) is 39.2 Å². The number of aryl methyl sites for hydroxylation is 1. The molecule has 0 spiro atoms. The minimum Gasteiger partial charge on any atom is -0.352 e. The minimum absolute atomic E-state index is 0.503. The molecule has 0 amide bonds. The van der Waals surface area contributed by atoms with Gasteiger partial charge in [0.25, 0.3) is 0 Å². The van der Waals surface area contributed by atoms with Crippen molar-refractivity contribution in [3.05, 3.63) is 17.0 Å². The smallest absolute Gasteiger partial charge is 0.134 e. The van der Waals surface area contributed by atoms with Crippen molar-refractivity contribution < 1.29 is 0 Å². The van der Waals surface area contributed by atoms with E-state index in [-0.39, 0.29) is 0 Å². The lowest BCUT2D eigenvalue weighted by molar-refractivity contribution is 0.327. The maximum absolute atomic E-state index is 6.12. The summed E-state index contributed by atoms with van der Waals surface area (Å²) in [5.74, 6) is 1.81. The first-order valence-electron chi connectivity index (χ1n) is 7.12. The van der Waals surface area contributed by atoms with Gasteiger partial charge < -0.3 is 9.80 Å². The molecule has 2 rings (SSSR count). The van der Waals surface area contributed by atoms with Gasteiger partial charge in [0.1, 0.15) is 16.8 Å². The van der Waals surface area contributed by atoms with Crippen LogP contribution in [0.2, 0.25) is 5.15 Å². The van der Waals surface area contributed by atoms with Crippen molar-refractivity contribution >= 4 is 17.4 Å². The fraction of sp³-hybridized carbons (Fsp3) is 0.714. The van der Waals surface area contributed by atoms with E-state index in [1.165, 1.54) is 0 Å². The van der Waals surface area contributed by atoms with E-state index in [0.717, 1.165) is 50.5 Å². The predicted octanol–water partition coefficient (Wildman–Crippen LogP) is 2.61. The molecule has 4 nitrogen and oxygen atoms in total.